The molecule has 0 bridgehead atoms. The van der Waals surface area contributed by atoms with Gasteiger partial charge >= 0.3 is 0 Å². The summed E-state index contributed by atoms with van der Waals surface area (Å²) in [6, 6.07) is 55.9. The summed E-state index contributed by atoms with van der Waals surface area (Å²) in [7, 11) is 0. The van der Waals surface area contributed by atoms with Crippen LogP contribution in [0.15, 0.2) is 164 Å². The van der Waals surface area contributed by atoms with Gasteiger partial charge in [0.05, 0.1) is 5.69 Å². The highest BCUT2D eigenvalue weighted by Crippen LogP contribution is 2.36. The van der Waals surface area contributed by atoms with Crippen LogP contribution < -0.4 is 0 Å². The Morgan fingerprint density at radius 1 is 0.271 bits per heavy atom. The Kier molecular flexibility index (Phi) is 6.72. The number of benzene rings is 7. The SMILES string of the molecule is c1ccc(-c2nc(-c3nc(-c4ccccc4)nc(-c4ccc5ccccc5c4)n3)cc(-c3cc4ccccc4c4ccccc34)n2)cc1. The molecule has 0 aliphatic carbocycles. The van der Waals surface area contributed by atoms with Crippen molar-refractivity contribution in [1.82, 2.24) is 24.9 Å². The minimum absolute atomic E-state index is 0.484. The molecule has 224 valence electrons. The molecular formula is C43H27N5. The van der Waals surface area contributed by atoms with E-state index in [0.717, 1.165) is 49.5 Å². The van der Waals surface area contributed by atoms with E-state index in [0.29, 0.717) is 29.0 Å². The van der Waals surface area contributed by atoms with Crippen molar-refractivity contribution < 1.29 is 0 Å². The molecule has 0 unspecified atom stereocenters. The van der Waals surface area contributed by atoms with Crippen LogP contribution in [-0.4, -0.2) is 24.9 Å². The van der Waals surface area contributed by atoms with Crippen LogP contribution in [0.5, 0.6) is 0 Å². The van der Waals surface area contributed by atoms with Gasteiger partial charge in [-0.25, -0.2) is 24.9 Å². The van der Waals surface area contributed by atoms with Crippen molar-refractivity contribution in [1.29, 1.82) is 0 Å². The number of nitrogens with zero attached hydrogens (tertiary/aromatic N) is 5. The molecule has 2 heterocycles. The lowest BCUT2D eigenvalue weighted by Crippen LogP contribution is -2.03. The van der Waals surface area contributed by atoms with Gasteiger partial charge in [0.1, 0.15) is 5.69 Å². The molecule has 9 rings (SSSR count). The number of fused-ring (bicyclic) bond motifs is 4. The first-order valence-electron chi connectivity index (χ1n) is 15.9. The summed E-state index contributed by atoms with van der Waals surface area (Å²) in [5.74, 6) is 2.26. The molecule has 9 aromatic rings. The van der Waals surface area contributed by atoms with E-state index in [-0.39, 0.29) is 0 Å². The van der Waals surface area contributed by atoms with Crippen LogP contribution in [0, 0.1) is 0 Å². The topological polar surface area (TPSA) is 64.5 Å². The van der Waals surface area contributed by atoms with Gasteiger partial charge < -0.3 is 0 Å². The second-order valence-electron chi connectivity index (χ2n) is 11.8. The Hall–Kier alpha value is -6.59. The molecule has 5 nitrogen and oxygen atoms in total. The summed E-state index contributed by atoms with van der Waals surface area (Å²) in [6.07, 6.45) is 0. The Balaban J connectivity index is 1.31. The molecule has 0 spiro atoms. The fraction of sp³-hybridized carbons (Fsp3) is 0. The summed E-state index contributed by atoms with van der Waals surface area (Å²) in [5.41, 5.74) is 5.18. The molecule has 0 N–H and O–H groups in total. The van der Waals surface area contributed by atoms with Crippen molar-refractivity contribution in [3.8, 4) is 56.9 Å². The van der Waals surface area contributed by atoms with E-state index in [1.165, 1.54) is 10.8 Å². The highest BCUT2D eigenvalue weighted by Gasteiger charge is 2.18. The van der Waals surface area contributed by atoms with Gasteiger partial charge in [0, 0.05) is 22.3 Å². The van der Waals surface area contributed by atoms with Crippen LogP contribution in [0.2, 0.25) is 0 Å². The predicted molar refractivity (Wildman–Crippen MR) is 195 cm³/mol. The zero-order valence-electron chi connectivity index (χ0n) is 25.8. The number of aromatic nitrogens is 5. The van der Waals surface area contributed by atoms with Crippen molar-refractivity contribution in [3.63, 3.8) is 0 Å². The van der Waals surface area contributed by atoms with E-state index in [9.17, 15) is 0 Å². The molecule has 0 radical (unpaired) electrons. The molecule has 0 atom stereocenters. The highest BCUT2D eigenvalue weighted by molar-refractivity contribution is 6.13. The predicted octanol–water partition coefficient (Wildman–Crippen LogP) is 10.5. The maximum absolute atomic E-state index is 5.17. The van der Waals surface area contributed by atoms with Gasteiger partial charge in [0.2, 0.25) is 0 Å². The van der Waals surface area contributed by atoms with Gasteiger partial charge in [0.25, 0.3) is 0 Å². The molecule has 7 aromatic carbocycles. The van der Waals surface area contributed by atoms with E-state index in [1.54, 1.807) is 0 Å². The average molecular weight is 614 g/mol. The molecule has 48 heavy (non-hydrogen) atoms. The zero-order chi connectivity index (χ0) is 31.9. The highest BCUT2D eigenvalue weighted by atomic mass is 15.1. The Morgan fingerprint density at radius 2 is 0.792 bits per heavy atom. The van der Waals surface area contributed by atoms with E-state index >= 15 is 0 Å². The van der Waals surface area contributed by atoms with E-state index in [1.807, 2.05) is 78.9 Å². The van der Waals surface area contributed by atoms with Gasteiger partial charge in [0.15, 0.2) is 23.3 Å². The maximum Gasteiger partial charge on any atom is 0.182 e. The minimum atomic E-state index is 0.484. The third kappa shape index (κ3) is 5.04. The lowest BCUT2D eigenvalue weighted by atomic mass is 9.95. The van der Waals surface area contributed by atoms with Gasteiger partial charge in [-0.1, -0.05) is 146 Å². The first-order valence-corrected chi connectivity index (χ1v) is 15.9. The van der Waals surface area contributed by atoms with Crippen LogP contribution >= 0.6 is 0 Å². The smallest absolute Gasteiger partial charge is 0.182 e. The third-order valence-corrected chi connectivity index (χ3v) is 8.71. The van der Waals surface area contributed by atoms with Crippen LogP contribution in [-0.2, 0) is 0 Å². The second-order valence-corrected chi connectivity index (χ2v) is 11.8. The standard InChI is InChI=1S/C43H27N5/c1-3-14-29(15-4-1)40-44-38(37-26-32-19-9-10-20-34(32)35-21-11-12-22-36(35)37)27-39(45-40)43-47-41(30-16-5-2-6-17-30)46-42(48-43)33-24-23-28-13-7-8-18-31(28)25-33/h1-27H. The fourth-order valence-electron chi connectivity index (χ4n) is 6.35. The molecule has 0 saturated heterocycles. The van der Waals surface area contributed by atoms with E-state index < -0.39 is 0 Å². The van der Waals surface area contributed by atoms with Gasteiger partial charge in [-0.3, -0.25) is 0 Å². The van der Waals surface area contributed by atoms with Gasteiger partial charge in [-0.05, 0) is 50.5 Å². The fourth-order valence-corrected chi connectivity index (χ4v) is 6.35. The Bertz CT molecular complexity index is 2620. The third-order valence-electron chi connectivity index (χ3n) is 8.71. The molecule has 2 aromatic heterocycles. The van der Waals surface area contributed by atoms with Crippen molar-refractivity contribution in [2.45, 2.75) is 0 Å². The quantitative estimate of drug-likeness (QED) is 0.181. The maximum atomic E-state index is 5.17. The molecule has 0 amide bonds. The molecular weight excluding hydrogens is 587 g/mol. The molecule has 0 aliphatic rings. The summed E-state index contributed by atoms with van der Waals surface area (Å²) in [6.45, 7) is 0. The van der Waals surface area contributed by atoms with E-state index in [2.05, 4.69) is 84.9 Å². The van der Waals surface area contributed by atoms with Crippen molar-refractivity contribution in [2.24, 2.45) is 0 Å². The number of rotatable bonds is 5. The van der Waals surface area contributed by atoms with Crippen LogP contribution in [0.25, 0.3) is 89.3 Å². The minimum Gasteiger partial charge on any atom is -0.228 e. The number of hydrogen-bond donors (Lipinski definition) is 0. The summed E-state index contributed by atoms with van der Waals surface area (Å²) < 4.78 is 0. The van der Waals surface area contributed by atoms with Crippen molar-refractivity contribution >= 4 is 32.3 Å². The largest absolute Gasteiger partial charge is 0.228 e. The summed E-state index contributed by atoms with van der Waals surface area (Å²) in [5, 5.41) is 6.94. The molecule has 0 fully saturated rings. The molecule has 0 aliphatic heterocycles. The summed E-state index contributed by atoms with van der Waals surface area (Å²) in [4.78, 5) is 25.4. The zero-order valence-corrected chi connectivity index (χ0v) is 25.8. The Morgan fingerprint density at radius 3 is 1.52 bits per heavy atom. The Labute approximate surface area is 277 Å². The second kappa shape index (κ2) is 11.6. The lowest BCUT2D eigenvalue weighted by molar-refractivity contribution is 1.05. The van der Waals surface area contributed by atoms with E-state index in [4.69, 9.17) is 24.9 Å². The monoisotopic (exact) mass is 613 g/mol. The first-order chi connectivity index (χ1) is 23.8. The number of hydrogen-bond acceptors (Lipinski definition) is 5. The van der Waals surface area contributed by atoms with Crippen LogP contribution in [0.4, 0.5) is 0 Å². The summed E-state index contributed by atoms with van der Waals surface area (Å²) >= 11 is 0. The molecule has 5 heteroatoms. The van der Waals surface area contributed by atoms with Crippen molar-refractivity contribution in [2.75, 3.05) is 0 Å². The molecule has 0 saturated carbocycles. The van der Waals surface area contributed by atoms with Crippen LogP contribution in [0.3, 0.4) is 0 Å². The normalized spacial score (nSPS) is 11.3. The average Bonchev–Trinajstić information content (AvgIpc) is 3.17. The van der Waals surface area contributed by atoms with Crippen LogP contribution in [0.1, 0.15) is 0 Å². The van der Waals surface area contributed by atoms with Gasteiger partial charge in [-0.15, -0.1) is 0 Å². The first kappa shape index (κ1) is 27.7. The lowest BCUT2D eigenvalue weighted by Gasteiger charge is -2.13. The van der Waals surface area contributed by atoms with Gasteiger partial charge in [-0.2, -0.15) is 0 Å². The van der Waals surface area contributed by atoms with Crippen molar-refractivity contribution in [3.05, 3.63) is 164 Å².